The summed E-state index contributed by atoms with van der Waals surface area (Å²) < 4.78 is 0. The zero-order chi connectivity index (χ0) is 16.7. The fourth-order valence-corrected chi connectivity index (χ4v) is 3.82. The molecule has 2 heterocycles. The summed E-state index contributed by atoms with van der Waals surface area (Å²) in [4.78, 5) is 11.2. The first kappa shape index (κ1) is 16.1. The number of nitrogens with zero attached hydrogens (tertiary/aromatic N) is 3. The molecule has 1 aliphatic heterocycles. The zero-order valence-electron chi connectivity index (χ0n) is 13.3. The van der Waals surface area contributed by atoms with Crippen molar-refractivity contribution in [1.82, 2.24) is 9.97 Å². The van der Waals surface area contributed by atoms with Gasteiger partial charge in [0.2, 0.25) is 0 Å². The van der Waals surface area contributed by atoms with Gasteiger partial charge in [0, 0.05) is 35.7 Å². The van der Waals surface area contributed by atoms with E-state index in [1.807, 2.05) is 30.3 Å². The molecule has 1 N–H and O–H groups in total. The van der Waals surface area contributed by atoms with Gasteiger partial charge in [0.15, 0.2) is 0 Å². The molecule has 126 valence electrons. The Hall–Kier alpha value is -1.36. The standard InChI is InChI=1S/C18H19Cl2N3O/c19-14-4-2-1-3-13(14)18(24)7-9-23(10-8-18)16-11-15(20)21-17(22-16)12-5-6-12/h1-4,11-12,24H,5-10H2. The van der Waals surface area contributed by atoms with E-state index in [0.29, 0.717) is 42.0 Å². The van der Waals surface area contributed by atoms with E-state index in [-0.39, 0.29) is 0 Å². The Balaban J connectivity index is 1.53. The fraction of sp³-hybridized carbons (Fsp3) is 0.444. The lowest BCUT2D eigenvalue weighted by molar-refractivity contribution is 0.0117. The van der Waals surface area contributed by atoms with Crippen molar-refractivity contribution in [2.24, 2.45) is 0 Å². The monoisotopic (exact) mass is 363 g/mol. The van der Waals surface area contributed by atoms with Gasteiger partial charge in [-0.05, 0) is 31.7 Å². The van der Waals surface area contributed by atoms with Crippen molar-refractivity contribution in [2.45, 2.75) is 37.2 Å². The molecule has 1 saturated heterocycles. The highest BCUT2D eigenvalue weighted by atomic mass is 35.5. The number of aromatic nitrogens is 2. The lowest BCUT2D eigenvalue weighted by Crippen LogP contribution is -2.43. The van der Waals surface area contributed by atoms with Crippen LogP contribution in [0.4, 0.5) is 5.82 Å². The van der Waals surface area contributed by atoms with Crippen LogP contribution in [-0.2, 0) is 5.60 Å². The summed E-state index contributed by atoms with van der Waals surface area (Å²) in [6, 6.07) is 9.34. The summed E-state index contributed by atoms with van der Waals surface area (Å²) in [6.45, 7) is 1.42. The van der Waals surface area contributed by atoms with Gasteiger partial charge in [-0.15, -0.1) is 0 Å². The molecule has 0 amide bonds. The molecule has 1 aliphatic carbocycles. The molecule has 0 radical (unpaired) electrons. The Morgan fingerprint density at radius 3 is 2.46 bits per heavy atom. The van der Waals surface area contributed by atoms with Crippen molar-refractivity contribution in [3.63, 3.8) is 0 Å². The lowest BCUT2D eigenvalue weighted by atomic mass is 9.84. The average Bonchev–Trinajstić information content (AvgIpc) is 3.40. The molecule has 0 bridgehead atoms. The highest BCUT2D eigenvalue weighted by Crippen LogP contribution is 2.40. The van der Waals surface area contributed by atoms with Gasteiger partial charge in [0.05, 0.1) is 5.60 Å². The van der Waals surface area contributed by atoms with Crippen LogP contribution in [0.25, 0.3) is 0 Å². The summed E-state index contributed by atoms with van der Waals surface area (Å²) in [5.41, 5.74) is -0.0731. The van der Waals surface area contributed by atoms with Crippen LogP contribution in [0, 0.1) is 0 Å². The van der Waals surface area contributed by atoms with Crippen molar-refractivity contribution in [1.29, 1.82) is 0 Å². The van der Waals surface area contributed by atoms with Gasteiger partial charge in [-0.25, -0.2) is 9.97 Å². The van der Waals surface area contributed by atoms with E-state index in [4.69, 9.17) is 23.2 Å². The lowest BCUT2D eigenvalue weighted by Gasteiger charge is -2.39. The summed E-state index contributed by atoms with van der Waals surface area (Å²) in [6.07, 6.45) is 3.51. The number of rotatable bonds is 3. The zero-order valence-corrected chi connectivity index (χ0v) is 14.8. The van der Waals surface area contributed by atoms with Crippen molar-refractivity contribution >= 4 is 29.0 Å². The van der Waals surface area contributed by atoms with Crippen LogP contribution in [0.2, 0.25) is 10.2 Å². The number of hydrogen-bond acceptors (Lipinski definition) is 4. The molecule has 2 aromatic rings. The van der Waals surface area contributed by atoms with Gasteiger partial charge >= 0.3 is 0 Å². The predicted molar refractivity (Wildman–Crippen MR) is 95.8 cm³/mol. The summed E-state index contributed by atoms with van der Waals surface area (Å²) >= 11 is 12.4. The van der Waals surface area contributed by atoms with Gasteiger partial charge in [-0.3, -0.25) is 0 Å². The Morgan fingerprint density at radius 2 is 1.79 bits per heavy atom. The summed E-state index contributed by atoms with van der Waals surface area (Å²) in [5.74, 6) is 2.18. The highest BCUT2D eigenvalue weighted by molar-refractivity contribution is 6.31. The van der Waals surface area contributed by atoms with Crippen molar-refractivity contribution in [2.75, 3.05) is 18.0 Å². The van der Waals surface area contributed by atoms with Gasteiger partial charge in [0.25, 0.3) is 0 Å². The molecule has 2 aliphatic rings. The number of hydrogen-bond donors (Lipinski definition) is 1. The third-order valence-electron chi connectivity index (χ3n) is 4.93. The minimum Gasteiger partial charge on any atom is -0.385 e. The maximum Gasteiger partial charge on any atom is 0.135 e. The molecule has 4 rings (SSSR count). The van der Waals surface area contributed by atoms with E-state index >= 15 is 0 Å². The number of benzene rings is 1. The summed E-state index contributed by atoms with van der Waals surface area (Å²) in [5, 5.41) is 12.1. The van der Waals surface area contributed by atoms with Crippen LogP contribution in [0.1, 0.15) is 43.0 Å². The number of aliphatic hydroxyl groups is 1. The van der Waals surface area contributed by atoms with Crippen LogP contribution < -0.4 is 4.90 Å². The third kappa shape index (κ3) is 3.10. The first-order valence-corrected chi connectivity index (χ1v) is 9.07. The molecule has 2 fully saturated rings. The van der Waals surface area contributed by atoms with E-state index < -0.39 is 5.60 Å². The van der Waals surface area contributed by atoms with Crippen LogP contribution in [0.3, 0.4) is 0 Å². The quantitative estimate of drug-likeness (QED) is 0.832. The Kier molecular flexibility index (Phi) is 4.15. The van der Waals surface area contributed by atoms with Gasteiger partial charge < -0.3 is 10.0 Å². The molecule has 4 nitrogen and oxygen atoms in total. The average molecular weight is 364 g/mol. The van der Waals surface area contributed by atoms with Crippen molar-refractivity contribution in [3.8, 4) is 0 Å². The van der Waals surface area contributed by atoms with Crippen LogP contribution in [0.15, 0.2) is 30.3 Å². The SMILES string of the molecule is OC1(c2ccccc2Cl)CCN(c2cc(Cl)nc(C3CC3)n2)CC1. The normalized spacial score (nSPS) is 20.2. The van der Waals surface area contributed by atoms with E-state index in [9.17, 15) is 5.11 Å². The van der Waals surface area contributed by atoms with Crippen molar-refractivity contribution < 1.29 is 5.11 Å². The maximum absolute atomic E-state index is 11.0. The van der Waals surface area contributed by atoms with Gasteiger partial charge in [-0.1, -0.05) is 41.4 Å². The summed E-state index contributed by atoms with van der Waals surface area (Å²) in [7, 11) is 0. The molecular formula is C18H19Cl2N3O. The Labute approximate surface area is 151 Å². The fourth-order valence-electron chi connectivity index (χ4n) is 3.32. The Bertz CT molecular complexity index is 756. The number of anilines is 1. The second-order valence-electron chi connectivity index (χ2n) is 6.68. The van der Waals surface area contributed by atoms with Crippen LogP contribution >= 0.6 is 23.2 Å². The number of piperidine rings is 1. The van der Waals surface area contributed by atoms with Gasteiger partial charge in [-0.2, -0.15) is 0 Å². The van der Waals surface area contributed by atoms with E-state index in [2.05, 4.69) is 14.9 Å². The first-order valence-electron chi connectivity index (χ1n) is 8.32. The molecular weight excluding hydrogens is 345 g/mol. The van der Waals surface area contributed by atoms with E-state index in [1.54, 1.807) is 0 Å². The topological polar surface area (TPSA) is 49.2 Å². The minimum absolute atomic E-state index is 0.465. The van der Waals surface area contributed by atoms with E-state index in [0.717, 1.165) is 30.0 Å². The second kappa shape index (κ2) is 6.17. The molecule has 1 aromatic carbocycles. The largest absolute Gasteiger partial charge is 0.385 e. The molecule has 0 atom stereocenters. The van der Waals surface area contributed by atoms with Crippen LogP contribution in [-0.4, -0.2) is 28.2 Å². The molecule has 6 heteroatoms. The van der Waals surface area contributed by atoms with Crippen LogP contribution in [0.5, 0.6) is 0 Å². The van der Waals surface area contributed by atoms with E-state index in [1.165, 1.54) is 0 Å². The molecule has 0 unspecified atom stereocenters. The molecule has 0 spiro atoms. The highest BCUT2D eigenvalue weighted by Gasteiger charge is 2.36. The predicted octanol–water partition coefficient (Wildman–Crippen LogP) is 4.15. The molecule has 24 heavy (non-hydrogen) atoms. The third-order valence-corrected chi connectivity index (χ3v) is 5.45. The van der Waals surface area contributed by atoms with Gasteiger partial charge in [0.1, 0.15) is 16.8 Å². The number of halogens is 2. The first-order chi connectivity index (χ1) is 11.5. The molecule has 1 saturated carbocycles. The van der Waals surface area contributed by atoms with Crippen molar-refractivity contribution in [3.05, 3.63) is 51.9 Å². The second-order valence-corrected chi connectivity index (χ2v) is 7.47. The maximum atomic E-state index is 11.0. The smallest absolute Gasteiger partial charge is 0.135 e. The Morgan fingerprint density at radius 1 is 1.08 bits per heavy atom. The minimum atomic E-state index is -0.884. The molecule has 1 aromatic heterocycles.